The molecular weight excluding hydrogens is 370 g/mol. The summed E-state index contributed by atoms with van der Waals surface area (Å²) in [6.07, 6.45) is 1.98. The van der Waals surface area contributed by atoms with E-state index in [1.54, 1.807) is 6.08 Å². The summed E-state index contributed by atoms with van der Waals surface area (Å²) in [6, 6.07) is 4.05. The maximum absolute atomic E-state index is 12.5. The number of rotatable bonds is 6. The Morgan fingerprint density at radius 1 is 1.41 bits per heavy atom. The molecule has 2 aliphatic heterocycles. The molecule has 5 N–H and O–H groups in total. The van der Waals surface area contributed by atoms with Crippen LogP contribution in [0.3, 0.4) is 0 Å². The molecule has 0 aromatic heterocycles. The fourth-order valence-corrected chi connectivity index (χ4v) is 4.45. The van der Waals surface area contributed by atoms with E-state index < -0.39 is 35.2 Å². The lowest BCUT2D eigenvalue weighted by Crippen LogP contribution is -2.71. The van der Waals surface area contributed by atoms with Crippen molar-refractivity contribution in [2.24, 2.45) is 5.73 Å². The summed E-state index contributed by atoms with van der Waals surface area (Å²) in [6.45, 7) is 3.61. The number of carbonyl (C=O) groups is 3. The molecule has 0 aliphatic carbocycles. The van der Waals surface area contributed by atoms with E-state index in [0.717, 1.165) is 0 Å². The van der Waals surface area contributed by atoms with Crippen LogP contribution >= 0.6 is 11.8 Å². The van der Waals surface area contributed by atoms with E-state index >= 15 is 0 Å². The van der Waals surface area contributed by atoms with Crippen molar-refractivity contribution in [1.29, 1.82) is 0 Å². The Morgan fingerprint density at radius 2 is 2.07 bits per heavy atom. The highest BCUT2D eigenvalue weighted by Gasteiger charge is 2.54. The Kier molecular flexibility index (Phi) is 5.24. The predicted molar refractivity (Wildman–Crippen MR) is 99.5 cm³/mol. The number of nitrogens with one attached hydrogen (secondary N) is 1. The van der Waals surface area contributed by atoms with Crippen LogP contribution in [0.1, 0.15) is 18.0 Å². The minimum absolute atomic E-state index is 0.0306. The van der Waals surface area contributed by atoms with Gasteiger partial charge in [-0.2, -0.15) is 0 Å². The van der Waals surface area contributed by atoms with Gasteiger partial charge in [-0.15, -0.1) is 18.3 Å². The highest BCUT2D eigenvalue weighted by Crippen LogP contribution is 2.41. The van der Waals surface area contributed by atoms with E-state index in [1.807, 2.05) is 0 Å². The first-order valence-corrected chi connectivity index (χ1v) is 9.25. The number of benzene rings is 1. The third-order valence-electron chi connectivity index (χ3n) is 4.47. The van der Waals surface area contributed by atoms with Crippen LogP contribution < -0.4 is 11.1 Å². The van der Waals surface area contributed by atoms with Crippen LogP contribution in [-0.4, -0.2) is 50.1 Å². The third-order valence-corrected chi connectivity index (χ3v) is 5.81. The highest BCUT2D eigenvalue weighted by molar-refractivity contribution is 8.00. The van der Waals surface area contributed by atoms with Crippen molar-refractivity contribution in [3.05, 3.63) is 53.8 Å². The van der Waals surface area contributed by atoms with Gasteiger partial charge in [-0.25, -0.2) is 4.79 Å². The number of carbonyl (C=O) groups excluding carboxylic acids is 2. The topological polar surface area (TPSA) is 133 Å². The summed E-state index contributed by atoms with van der Waals surface area (Å²) in [5, 5.41) is 20.9. The number of aromatic hydroxyl groups is 1. The molecule has 1 saturated heterocycles. The predicted octanol–water partition coefficient (Wildman–Crippen LogP) is 0.707. The number of hydrogen-bond donors (Lipinski definition) is 4. The summed E-state index contributed by atoms with van der Waals surface area (Å²) in [7, 11) is 0. The van der Waals surface area contributed by atoms with Crippen LogP contribution in [0.5, 0.6) is 5.75 Å². The van der Waals surface area contributed by atoms with Crippen molar-refractivity contribution >= 4 is 29.5 Å². The van der Waals surface area contributed by atoms with Crippen molar-refractivity contribution in [2.45, 2.75) is 23.9 Å². The quantitative estimate of drug-likeness (QED) is 0.416. The molecule has 3 rings (SSSR count). The lowest BCUT2D eigenvalue weighted by atomic mass is 10.0. The molecular formula is C18H19N3O5S. The van der Waals surface area contributed by atoms with Crippen LogP contribution in [0.15, 0.2) is 48.2 Å². The highest BCUT2D eigenvalue weighted by atomic mass is 32.2. The van der Waals surface area contributed by atoms with Crippen molar-refractivity contribution in [3.8, 4) is 5.75 Å². The second-order valence-electron chi connectivity index (χ2n) is 6.22. The normalized spacial score (nSPS) is 22.6. The standard InChI is InChI=1S/C18H19N3O5S/c1-2-3-10-8-27-17-13(16(24)21(17)14(10)18(25)26)20-15(23)12(19)9-4-6-11(22)7-5-9/h2,4-7,12-13,17,22H,1,3,8,19H2,(H,20,23)(H,25,26)/t12?,13?,17-/m1/s1. The number of allylic oxidation sites excluding steroid dienone is 1. The maximum atomic E-state index is 12.5. The van der Waals surface area contributed by atoms with E-state index in [2.05, 4.69) is 11.9 Å². The average molecular weight is 389 g/mol. The van der Waals surface area contributed by atoms with Gasteiger partial charge in [-0.1, -0.05) is 18.2 Å². The van der Waals surface area contributed by atoms with Gasteiger partial charge in [0.2, 0.25) is 5.91 Å². The third kappa shape index (κ3) is 3.43. The van der Waals surface area contributed by atoms with Gasteiger partial charge >= 0.3 is 5.97 Å². The van der Waals surface area contributed by atoms with E-state index in [9.17, 15) is 24.6 Å². The molecule has 2 heterocycles. The van der Waals surface area contributed by atoms with E-state index in [0.29, 0.717) is 23.3 Å². The van der Waals surface area contributed by atoms with Crippen LogP contribution in [0, 0.1) is 0 Å². The first-order valence-electron chi connectivity index (χ1n) is 8.21. The number of fused-ring (bicyclic) bond motifs is 1. The fourth-order valence-electron chi connectivity index (χ4n) is 3.09. The lowest BCUT2D eigenvalue weighted by Gasteiger charge is -2.49. The number of phenols is 1. The zero-order valence-electron chi connectivity index (χ0n) is 14.3. The van der Waals surface area contributed by atoms with Crippen LogP contribution in [0.2, 0.25) is 0 Å². The summed E-state index contributed by atoms with van der Waals surface area (Å²) >= 11 is 1.39. The van der Waals surface area contributed by atoms with Gasteiger partial charge in [0.1, 0.15) is 28.9 Å². The van der Waals surface area contributed by atoms with Gasteiger partial charge < -0.3 is 21.3 Å². The number of β-lactam (4-membered cyclic amide) rings is 1. The van der Waals surface area contributed by atoms with Gasteiger partial charge in [0.05, 0.1) is 0 Å². The van der Waals surface area contributed by atoms with Gasteiger partial charge in [0, 0.05) is 5.75 Å². The maximum Gasteiger partial charge on any atom is 0.352 e. The molecule has 0 spiro atoms. The Bertz CT molecular complexity index is 836. The number of carboxylic acids is 1. The fraction of sp³-hybridized carbons (Fsp3) is 0.278. The number of nitrogens with zero attached hydrogens (tertiary/aromatic N) is 1. The second kappa shape index (κ2) is 7.45. The van der Waals surface area contributed by atoms with Gasteiger partial charge in [0.25, 0.3) is 5.91 Å². The molecule has 2 amide bonds. The summed E-state index contributed by atoms with van der Waals surface area (Å²) in [5.41, 5.74) is 7.01. The monoisotopic (exact) mass is 389 g/mol. The largest absolute Gasteiger partial charge is 0.508 e. The molecule has 1 aromatic rings. The van der Waals surface area contributed by atoms with Crippen molar-refractivity contribution in [2.75, 3.05) is 5.75 Å². The molecule has 0 saturated carbocycles. The Balaban J connectivity index is 1.73. The first-order chi connectivity index (χ1) is 12.8. The minimum atomic E-state index is -1.17. The van der Waals surface area contributed by atoms with E-state index in [-0.39, 0.29) is 11.4 Å². The van der Waals surface area contributed by atoms with Crippen LogP contribution in [0.4, 0.5) is 0 Å². The van der Waals surface area contributed by atoms with Crippen molar-refractivity contribution in [1.82, 2.24) is 10.2 Å². The van der Waals surface area contributed by atoms with E-state index in [1.165, 1.54) is 40.9 Å². The number of carboxylic acid groups (broad SMARTS) is 1. The van der Waals surface area contributed by atoms with Gasteiger partial charge in [0.15, 0.2) is 0 Å². The van der Waals surface area contributed by atoms with Crippen molar-refractivity contribution < 1.29 is 24.6 Å². The molecule has 27 heavy (non-hydrogen) atoms. The number of aliphatic carboxylic acids is 1. The molecule has 1 fully saturated rings. The molecule has 8 nitrogen and oxygen atoms in total. The second-order valence-corrected chi connectivity index (χ2v) is 7.32. The Labute approximate surface area is 159 Å². The molecule has 2 aliphatic rings. The minimum Gasteiger partial charge on any atom is -0.508 e. The Hall–Kier alpha value is -2.78. The average Bonchev–Trinajstić information content (AvgIpc) is 2.65. The summed E-state index contributed by atoms with van der Waals surface area (Å²) in [5.74, 6) is -1.69. The molecule has 1 aromatic carbocycles. The smallest absolute Gasteiger partial charge is 0.352 e. The molecule has 3 atom stereocenters. The molecule has 0 bridgehead atoms. The molecule has 9 heteroatoms. The summed E-state index contributed by atoms with van der Waals surface area (Å²) in [4.78, 5) is 37.7. The van der Waals surface area contributed by atoms with Gasteiger partial charge in [-0.3, -0.25) is 14.5 Å². The zero-order chi connectivity index (χ0) is 19.7. The van der Waals surface area contributed by atoms with Crippen molar-refractivity contribution in [3.63, 3.8) is 0 Å². The molecule has 142 valence electrons. The van der Waals surface area contributed by atoms with Crippen LogP contribution in [-0.2, 0) is 14.4 Å². The number of hydrogen-bond acceptors (Lipinski definition) is 6. The first kappa shape index (κ1) is 19.0. The van der Waals surface area contributed by atoms with E-state index in [4.69, 9.17) is 5.73 Å². The lowest BCUT2D eigenvalue weighted by molar-refractivity contribution is -0.150. The molecule has 0 radical (unpaired) electrons. The van der Waals surface area contributed by atoms with Gasteiger partial charge in [-0.05, 0) is 29.7 Å². The zero-order valence-corrected chi connectivity index (χ0v) is 15.1. The summed E-state index contributed by atoms with van der Waals surface area (Å²) < 4.78 is 0. The number of phenolic OH excluding ortho intramolecular Hbond substituents is 1. The van der Waals surface area contributed by atoms with Crippen LogP contribution in [0.25, 0.3) is 0 Å². The number of nitrogens with two attached hydrogens (primary N) is 1. The molecule has 2 unspecified atom stereocenters. The Morgan fingerprint density at radius 3 is 2.67 bits per heavy atom. The number of thioether (sulfide) groups is 1. The number of amides is 2. The SMILES string of the molecule is C=CCC1=C(C(=O)O)N2C(=O)C(NC(=O)C(N)c3ccc(O)cc3)[C@H]2SC1.